The second-order valence-electron chi connectivity index (χ2n) is 4.44. The van der Waals surface area contributed by atoms with E-state index in [-0.39, 0.29) is 11.3 Å². The summed E-state index contributed by atoms with van der Waals surface area (Å²) in [6.45, 7) is 5.66. The molecular formula is C14H17ClN2O2. The first-order valence-corrected chi connectivity index (χ1v) is 6.88. The van der Waals surface area contributed by atoms with Gasteiger partial charge >= 0.3 is 0 Å². The van der Waals surface area contributed by atoms with Crippen molar-refractivity contribution in [2.24, 2.45) is 0 Å². The number of halogens is 1. The molecule has 1 aromatic heterocycles. The van der Waals surface area contributed by atoms with Gasteiger partial charge in [0.25, 0.3) is 11.3 Å². The number of carbonyl (C=O) groups is 1. The van der Waals surface area contributed by atoms with E-state index in [0.717, 1.165) is 25.9 Å². The van der Waals surface area contributed by atoms with Gasteiger partial charge < -0.3 is 9.32 Å². The zero-order valence-corrected chi connectivity index (χ0v) is 11.9. The van der Waals surface area contributed by atoms with E-state index >= 15 is 0 Å². The molecule has 102 valence electrons. The van der Waals surface area contributed by atoms with Crippen LogP contribution in [0.25, 0.3) is 11.1 Å². The maximum Gasteiger partial charge on any atom is 0.293 e. The van der Waals surface area contributed by atoms with Gasteiger partial charge in [0.2, 0.25) is 0 Å². The minimum absolute atomic E-state index is 0.0260. The summed E-state index contributed by atoms with van der Waals surface area (Å²) in [5.41, 5.74) is 1.82. The molecule has 0 saturated heterocycles. The van der Waals surface area contributed by atoms with Gasteiger partial charge in [0.15, 0.2) is 5.58 Å². The van der Waals surface area contributed by atoms with Gasteiger partial charge in [-0.3, -0.25) is 4.79 Å². The molecule has 0 aliphatic carbocycles. The van der Waals surface area contributed by atoms with E-state index in [0.29, 0.717) is 16.7 Å². The number of nitrogens with zero attached hydrogens (tertiary/aromatic N) is 2. The van der Waals surface area contributed by atoms with Gasteiger partial charge in [-0.2, -0.15) is 4.98 Å². The van der Waals surface area contributed by atoms with E-state index in [1.54, 1.807) is 18.2 Å². The van der Waals surface area contributed by atoms with E-state index in [9.17, 15) is 4.79 Å². The monoisotopic (exact) mass is 280 g/mol. The maximum absolute atomic E-state index is 12.4. The van der Waals surface area contributed by atoms with Crippen LogP contribution >= 0.6 is 11.6 Å². The number of fused-ring (bicyclic) bond motifs is 1. The Bertz CT molecular complexity index is 574. The molecule has 1 heterocycles. The van der Waals surface area contributed by atoms with Crippen molar-refractivity contribution in [3.63, 3.8) is 0 Å². The number of oxazole rings is 1. The van der Waals surface area contributed by atoms with Gasteiger partial charge in [0.1, 0.15) is 5.52 Å². The predicted molar refractivity (Wildman–Crippen MR) is 75.5 cm³/mol. The lowest BCUT2D eigenvalue weighted by molar-refractivity contribution is 0.0755. The highest BCUT2D eigenvalue weighted by molar-refractivity contribution is 6.28. The Morgan fingerprint density at radius 1 is 1.32 bits per heavy atom. The van der Waals surface area contributed by atoms with E-state index in [4.69, 9.17) is 16.0 Å². The Hall–Kier alpha value is -1.55. The van der Waals surface area contributed by atoms with Crippen molar-refractivity contribution >= 4 is 28.6 Å². The zero-order chi connectivity index (χ0) is 13.8. The summed E-state index contributed by atoms with van der Waals surface area (Å²) in [7, 11) is 0. The van der Waals surface area contributed by atoms with Crippen LogP contribution in [0.5, 0.6) is 0 Å². The molecular weight excluding hydrogens is 264 g/mol. The molecule has 5 heteroatoms. The molecule has 0 aliphatic heterocycles. The lowest BCUT2D eigenvalue weighted by Gasteiger charge is -2.21. The first-order valence-electron chi connectivity index (χ1n) is 6.51. The number of rotatable bonds is 5. The molecule has 0 N–H and O–H groups in total. The summed E-state index contributed by atoms with van der Waals surface area (Å²) < 4.78 is 5.24. The molecule has 0 spiro atoms. The number of amides is 1. The molecule has 19 heavy (non-hydrogen) atoms. The summed E-state index contributed by atoms with van der Waals surface area (Å²) in [6.07, 6.45) is 1.89. The molecule has 0 fully saturated rings. The summed E-state index contributed by atoms with van der Waals surface area (Å²) in [4.78, 5) is 18.3. The van der Waals surface area contributed by atoms with Crippen molar-refractivity contribution in [1.82, 2.24) is 9.88 Å². The van der Waals surface area contributed by atoms with Crippen LogP contribution in [0.1, 0.15) is 37.0 Å². The number of benzene rings is 1. The molecule has 0 unspecified atom stereocenters. The third-order valence-corrected chi connectivity index (χ3v) is 3.05. The second kappa shape index (κ2) is 6.06. The first kappa shape index (κ1) is 13.9. The lowest BCUT2D eigenvalue weighted by atomic mass is 10.1. The van der Waals surface area contributed by atoms with Crippen LogP contribution in [0.2, 0.25) is 5.35 Å². The molecule has 0 radical (unpaired) electrons. The highest BCUT2D eigenvalue weighted by Gasteiger charge is 2.15. The SMILES string of the molecule is CCCN(CCC)C(=O)c1ccc2nc(Cl)oc2c1. The van der Waals surface area contributed by atoms with Gasteiger partial charge in [-0.15, -0.1) is 0 Å². The zero-order valence-electron chi connectivity index (χ0n) is 11.1. The number of carbonyl (C=O) groups excluding carboxylic acids is 1. The molecule has 0 aliphatic rings. The lowest BCUT2D eigenvalue weighted by Crippen LogP contribution is -2.32. The van der Waals surface area contributed by atoms with Crippen molar-refractivity contribution in [2.45, 2.75) is 26.7 Å². The van der Waals surface area contributed by atoms with E-state index in [1.165, 1.54) is 0 Å². The highest BCUT2D eigenvalue weighted by atomic mass is 35.5. The van der Waals surface area contributed by atoms with Crippen LogP contribution in [0.4, 0.5) is 0 Å². The van der Waals surface area contributed by atoms with Crippen molar-refractivity contribution in [3.8, 4) is 0 Å². The predicted octanol–water partition coefficient (Wildman–Crippen LogP) is 3.74. The standard InChI is InChI=1S/C14H17ClN2O2/c1-3-7-17(8-4-2)13(18)10-5-6-11-12(9-10)19-14(15)16-11/h5-6,9H,3-4,7-8H2,1-2H3. The average Bonchev–Trinajstić information content (AvgIpc) is 2.76. The van der Waals surface area contributed by atoms with E-state index in [2.05, 4.69) is 18.8 Å². The van der Waals surface area contributed by atoms with Crippen LogP contribution in [-0.4, -0.2) is 28.9 Å². The highest BCUT2D eigenvalue weighted by Crippen LogP contribution is 2.21. The van der Waals surface area contributed by atoms with Crippen molar-refractivity contribution in [2.75, 3.05) is 13.1 Å². The van der Waals surface area contributed by atoms with Crippen LogP contribution in [0, 0.1) is 0 Å². The number of aromatic nitrogens is 1. The Kier molecular flexibility index (Phi) is 4.43. The summed E-state index contributed by atoms with van der Waals surface area (Å²) in [6, 6.07) is 5.23. The topological polar surface area (TPSA) is 46.3 Å². The molecule has 1 aromatic carbocycles. The first-order chi connectivity index (χ1) is 9.15. The van der Waals surface area contributed by atoms with Crippen molar-refractivity contribution in [1.29, 1.82) is 0 Å². The number of hydrogen-bond donors (Lipinski definition) is 0. The van der Waals surface area contributed by atoms with Gasteiger partial charge in [-0.25, -0.2) is 0 Å². The smallest absolute Gasteiger partial charge is 0.293 e. The summed E-state index contributed by atoms with van der Waals surface area (Å²) in [5, 5.41) is 0.0959. The molecule has 1 amide bonds. The third kappa shape index (κ3) is 3.07. The van der Waals surface area contributed by atoms with Crippen LogP contribution in [-0.2, 0) is 0 Å². The maximum atomic E-state index is 12.4. The molecule has 0 atom stereocenters. The number of hydrogen-bond acceptors (Lipinski definition) is 3. The summed E-state index contributed by atoms with van der Waals surface area (Å²) >= 11 is 5.70. The Morgan fingerprint density at radius 3 is 2.63 bits per heavy atom. The van der Waals surface area contributed by atoms with Gasteiger partial charge in [0, 0.05) is 18.7 Å². The largest absolute Gasteiger partial charge is 0.428 e. The second-order valence-corrected chi connectivity index (χ2v) is 4.76. The fourth-order valence-corrected chi connectivity index (χ4v) is 2.24. The Morgan fingerprint density at radius 2 is 2.00 bits per heavy atom. The summed E-state index contributed by atoms with van der Waals surface area (Å²) in [5.74, 6) is 0.0260. The van der Waals surface area contributed by atoms with Crippen molar-refractivity contribution < 1.29 is 9.21 Å². The average molecular weight is 281 g/mol. The fraction of sp³-hybridized carbons (Fsp3) is 0.429. The fourth-order valence-electron chi connectivity index (χ4n) is 2.07. The van der Waals surface area contributed by atoms with Crippen molar-refractivity contribution in [3.05, 3.63) is 29.1 Å². The minimum atomic E-state index is 0.0260. The van der Waals surface area contributed by atoms with Crippen LogP contribution < -0.4 is 0 Å². The van der Waals surface area contributed by atoms with Gasteiger partial charge in [-0.05, 0) is 42.6 Å². The van der Waals surface area contributed by atoms with Gasteiger partial charge in [-0.1, -0.05) is 13.8 Å². The molecule has 0 saturated carbocycles. The molecule has 2 aromatic rings. The minimum Gasteiger partial charge on any atom is -0.428 e. The third-order valence-electron chi connectivity index (χ3n) is 2.88. The van der Waals surface area contributed by atoms with E-state index < -0.39 is 0 Å². The molecule has 2 rings (SSSR count). The van der Waals surface area contributed by atoms with E-state index in [1.807, 2.05) is 4.90 Å². The normalized spacial score (nSPS) is 10.9. The molecule has 4 nitrogen and oxygen atoms in total. The molecule has 0 bridgehead atoms. The quantitative estimate of drug-likeness (QED) is 0.838. The Balaban J connectivity index is 2.28. The van der Waals surface area contributed by atoms with Crippen LogP contribution in [0.3, 0.4) is 0 Å². The van der Waals surface area contributed by atoms with Gasteiger partial charge in [0.05, 0.1) is 0 Å². The Labute approximate surface area is 117 Å². The van der Waals surface area contributed by atoms with Crippen LogP contribution in [0.15, 0.2) is 22.6 Å².